The van der Waals surface area contributed by atoms with Crippen LogP contribution in [0.4, 0.5) is 0 Å². The lowest BCUT2D eigenvalue weighted by atomic mass is 9.84. The molecule has 0 N–H and O–H groups in total. The topological polar surface area (TPSA) is 13.1 Å². The number of nitrogens with zero attached hydrogens (tertiary/aromatic N) is 1. The Bertz CT molecular complexity index is 1710. The van der Waals surface area contributed by atoms with Gasteiger partial charge in [-0.05, 0) is 82.3 Å². The van der Waals surface area contributed by atoms with Gasteiger partial charge in [0.15, 0.2) is 6.20 Å². The molecule has 0 saturated carbocycles. The molecule has 0 aliphatic carbocycles. The number of rotatable bonds is 3. The highest BCUT2D eigenvalue weighted by atomic mass is 32.2. The predicted molar refractivity (Wildman–Crippen MR) is 156 cm³/mol. The van der Waals surface area contributed by atoms with Gasteiger partial charge in [-0.2, -0.15) is 0 Å². The zero-order valence-corrected chi connectivity index (χ0v) is 23.0. The van der Waals surface area contributed by atoms with Crippen LogP contribution in [0, 0.1) is 12.8 Å². The van der Waals surface area contributed by atoms with E-state index in [1.54, 1.807) is 0 Å². The van der Waals surface area contributed by atoms with Gasteiger partial charge in [-0.3, -0.25) is 0 Å². The fourth-order valence-corrected chi connectivity index (χ4v) is 8.22. The molecule has 7 rings (SSSR count). The Morgan fingerprint density at radius 2 is 1.73 bits per heavy atom. The number of ether oxygens (including phenoxy) is 1. The average Bonchev–Trinajstić information content (AvgIpc) is 2.92. The molecular weight excluding hydrogens is 470 g/mol. The van der Waals surface area contributed by atoms with E-state index in [1.807, 2.05) is 11.8 Å². The number of hydrogen-bond donors (Lipinski definition) is 0. The fraction of sp³-hybridized carbons (Fsp3) is 0.324. The molecule has 3 heterocycles. The third kappa shape index (κ3) is 3.55. The van der Waals surface area contributed by atoms with Crippen LogP contribution >= 0.6 is 11.8 Å². The molecule has 0 radical (unpaired) electrons. The second kappa shape index (κ2) is 8.85. The average molecular weight is 505 g/mol. The summed E-state index contributed by atoms with van der Waals surface area (Å²) in [4.78, 5) is 2.85. The number of hydrogen-bond acceptors (Lipinski definition) is 2. The van der Waals surface area contributed by atoms with Crippen molar-refractivity contribution in [2.45, 2.75) is 55.7 Å². The smallest absolute Gasteiger partial charge is 0.222 e. The van der Waals surface area contributed by atoms with E-state index in [0.29, 0.717) is 11.8 Å². The van der Waals surface area contributed by atoms with Gasteiger partial charge >= 0.3 is 0 Å². The molecular formula is C34H34NOS+. The number of aromatic nitrogens is 1. The number of benzene rings is 4. The summed E-state index contributed by atoms with van der Waals surface area (Å²) >= 11 is 2.00. The molecule has 0 spiro atoms. The number of fused-ring (bicyclic) bond motifs is 5. The first-order chi connectivity index (χ1) is 18.0. The zero-order chi connectivity index (χ0) is 25.3. The van der Waals surface area contributed by atoms with Crippen LogP contribution in [0.2, 0.25) is 0 Å². The Hall–Kier alpha value is -2.88. The van der Waals surface area contributed by atoms with Crippen molar-refractivity contribution in [3.63, 3.8) is 0 Å². The quantitative estimate of drug-likeness (QED) is 0.177. The van der Waals surface area contributed by atoms with Gasteiger partial charge in [-0.15, -0.1) is 0 Å². The van der Waals surface area contributed by atoms with E-state index in [0.717, 1.165) is 32.5 Å². The lowest BCUT2D eigenvalue weighted by Crippen LogP contribution is -2.32. The van der Waals surface area contributed by atoms with Gasteiger partial charge in [0.2, 0.25) is 5.69 Å². The van der Waals surface area contributed by atoms with Crippen LogP contribution in [-0.4, -0.2) is 13.2 Å². The van der Waals surface area contributed by atoms with Gasteiger partial charge in [0.25, 0.3) is 0 Å². The van der Waals surface area contributed by atoms with E-state index in [1.165, 1.54) is 70.1 Å². The van der Waals surface area contributed by atoms with Crippen molar-refractivity contribution in [2.75, 3.05) is 13.2 Å². The molecule has 0 unspecified atom stereocenters. The SMILES string of the molecule is Cc1c2c(c(CC(C)C)c3ccccc13)Sc1cc3cccc(C4CCOCC4)c3c3cc[n+](C)c-2c13. The Labute approximate surface area is 223 Å². The van der Waals surface area contributed by atoms with Gasteiger partial charge < -0.3 is 4.74 Å². The van der Waals surface area contributed by atoms with Gasteiger partial charge in [0.05, 0.1) is 10.9 Å². The third-order valence-corrected chi connectivity index (χ3v) is 9.71. The second-order valence-electron chi connectivity index (χ2n) is 11.3. The van der Waals surface area contributed by atoms with Crippen LogP contribution < -0.4 is 4.57 Å². The Morgan fingerprint density at radius 3 is 2.51 bits per heavy atom. The summed E-state index contributed by atoms with van der Waals surface area (Å²) in [6, 6.07) is 20.8. The predicted octanol–water partition coefficient (Wildman–Crippen LogP) is 8.50. The minimum atomic E-state index is 0.565. The van der Waals surface area contributed by atoms with Crippen molar-refractivity contribution < 1.29 is 9.30 Å². The maximum atomic E-state index is 5.72. The van der Waals surface area contributed by atoms with E-state index < -0.39 is 0 Å². The number of pyridine rings is 1. The second-order valence-corrected chi connectivity index (χ2v) is 12.4. The molecule has 1 aromatic heterocycles. The molecule has 3 heteroatoms. The summed E-state index contributed by atoms with van der Waals surface area (Å²) in [6.07, 6.45) is 5.60. The summed E-state index contributed by atoms with van der Waals surface area (Å²) in [6.45, 7) is 8.75. The van der Waals surface area contributed by atoms with Crippen LogP contribution in [0.15, 0.2) is 70.6 Å². The molecule has 1 saturated heterocycles. The van der Waals surface area contributed by atoms with Crippen molar-refractivity contribution in [2.24, 2.45) is 13.0 Å². The Morgan fingerprint density at radius 1 is 0.946 bits per heavy atom. The van der Waals surface area contributed by atoms with Crippen molar-refractivity contribution in [1.29, 1.82) is 0 Å². The Kier molecular flexibility index (Phi) is 5.56. The summed E-state index contributed by atoms with van der Waals surface area (Å²) in [7, 11) is 2.23. The van der Waals surface area contributed by atoms with Crippen molar-refractivity contribution in [1.82, 2.24) is 0 Å². The summed E-state index contributed by atoms with van der Waals surface area (Å²) in [5.74, 6) is 1.16. The largest absolute Gasteiger partial charge is 0.381 e. The minimum Gasteiger partial charge on any atom is -0.381 e. The normalized spacial score (nSPS) is 15.7. The van der Waals surface area contributed by atoms with Gasteiger partial charge in [-0.1, -0.05) is 68.1 Å². The zero-order valence-electron chi connectivity index (χ0n) is 22.2. The van der Waals surface area contributed by atoms with Crippen LogP contribution in [0.1, 0.15) is 49.3 Å². The van der Waals surface area contributed by atoms with E-state index in [2.05, 4.69) is 93.2 Å². The van der Waals surface area contributed by atoms with Crippen molar-refractivity contribution >= 4 is 44.1 Å². The highest BCUT2D eigenvalue weighted by molar-refractivity contribution is 8.00. The van der Waals surface area contributed by atoms with Crippen LogP contribution in [0.25, 0.3) is 43.6 Å². The molecule has 0 atom stereocenters. The molecule has 2 aliphatic rings. The first-order valence-corrected chi connectivity index (χ1v) is 14.5. The fourth-order valence-electron chi connectivity index (χ4n) is 6.84. The molecule has 2 nitrogen and oxygen atoms in total. The van der Waals surface area contributed by atoms with Crippen LogP contribution in [-0.2, 0) is 18.2 Å². The summed E-state index contributed by atoms with van der Waals surface area (Å²) in [5.41, 5.74) is 7.21. The molecule has 0 amide bonds. The third-order valence-electron chi connectivity index (χ3n) is 8.51. The maximum Gasteiger partial charge on any atom is 0.222 e. The van der Waals surface area contributed by atoms with Crippen LogP contribution in [0.3, 0.4) is 0 Å². The standard InChI is InChI=1S/C34H34NOS/c1-20(2)18-28-26-10-6-5-9-24(26)21(3)30-33-32-27(12-15-35(33)4)31-23(19-29(32)37-34(28)30)8-7-11-25(31)22-13-16-36-17-14-22/h5-12,15,19-20,22H,13-14,16-18H2,1-4H3/q+1. The van der Waals surface area contributed by atoms with E-state index in [4.69, 9.17) is 4.74 Å². The Balaban J connectivity index is 1.60. The molecule has 2 aliphatic heterocycles. The first-order valence-electron chi connectivity index (χ1n) is 13.7. The molecule has 4 aromatic carbocycles. The molecule has 1 fully saturated rings. The minimum absolute atomic E-state index is 0.565. The van der Waals surface area contributed by atoms with Gasteiger partial charge in [-0.25, -0.2) is 4.57 Å². The lowest BCUT2D eigenvalue weighted by molar-refractivity contribution is -0.659. The van der Waals surface area contributed by atoms with Crippen molar-refractivity contribution in [3.05, 3.63) is 77.5 Å². The molecule has 5 aromatic rings. The monoisotopic (exact) mass is 504 g/mol. The van der Waals surface area contributed by atoms with Gasteiger partial charge in [0, 0.05) is 34.5 Å². The van der Waals surface area contributed by atoms with Gasteiger partial charge in [0.1, 0.15) is 7.05 Å². The van der Waals surface area contributed by atoms with Crippen LogP contribution in [0.5, 0.6) is 0 Å². The summed E-state index contributed by atoms with van der Waals surface area (Å²) < 4.78 is 8.09. The van der Waals surface area contributed by atoms with E-state index in [9.17, 15) is 0 Å². The highest BCUT2D eigenvalue weighted by Crippen LogP contribution is 2.53. The summed E-state index contributed by atoms with van der Waals surface area (Å²) in [5, 5.41) is 8.44. The maximum absolute atomic E-state index is 5.72. The molecule has 0 bridgehead atoms. The number of aryl methyl sites for hydroxylation is 2. The van der Waals surface area contributed by atoms with Crippen molar-refractivity contribution in [3.8, 4) is 11.3 Å². The highest BCUT2D eigenvalue weighted by Gasteiger charge is 2.33. The van der Waals surface area contributed by atoms with E-state index in [-0.39, 0.29) is 0 Å². The molecule has 37 heavy (non-hydrogen) atoms. The first kappa shape index (κ1) is 23.3. The lowest BCUT2D eigenvalue weighted by Gasteiger charge is -2.27. The molecule has 186 valence electrons. The van der Waals surface area contributed by atoms with E-state index >= 15 is 0 Å².